The van der Waals surface area contributed by atoms with Crippen molar-refractivity contribution in [3.63, 3.8) is 0 Å². The number of para-hydroxylation sites is 1. The maximum Gasteiger partial charge on any atom is 0.268 e. The molecule has 0 saturated carbocycles. The number of aryl methyl sites for hydroxylation is 2. The number of benzene rings is 3. The molecule has 0 N–H and O–H groups in total. The molecule has 7 nitrogen and oxygen atoms in total. The molecule has 0 spiro atoms. The van der Waals surface area contributed by atoms with E-state index in [0.717, 1.165) is 5.56 Å². The van der Waals surface area contributed by atoms with Crippen LogP contribution in [-0.2, 0) is 17.1 Å². The standard InChI is InChI=1S/C26H23N3O4S/c1-4-28-23-15-14-21-19(13-16-24(30)27(21)3)25(23)29(22-8-6-5-7-20(22)26(28)31)34(32,33)18-11-9-17(2)10-12-18/h5-16H,4H2,1-3H3. The molecule has 0 aliphatic carbocycles. The van der Waals surface area contributed by atoms with Crippen molar-refractivity contribution in [3.05, 3.63) is 94.3 Å². The zero-order valence-corrected chi connectivity index (χ0v) is 19.8. The lowest BCUT2D eigenvalue weighted by Crippen LogP contribution is -2.30. The Morgan fingerprint density at radius 1 is 0.824 bits per heavy atom. The van der Waals surface area contributed by atoms with E-state index in [-0.39, 0.29) is 27.6 Å². The molecule has 1 aliphatic rings. The monoisotopic (exact) mass is 473 g/mol. The molecule has 3 aromatic carbocycles. The van der Waals surface area contributed by atoms with Crippen molar-refractivity contribution >= 4 is 43.9 Å². The number of rotatable bonds is 3. The lowest BCUT2D eigenvalue weighted by atomic mass is 10.1. The number of pyridine rings is 1. The van der Waals surface area contributed by atoms with Gasteiger partial charge < -0.3 is 9.47 Å². The largest absolute Gasteiger partial charge is 0.311 e. The Morgan fingerprint density at radius 3 is 2.24 bits per heavy atom. The fraction of sp³-hybridized carbons (Fsp3) is 0.154. The summed E-state index contributed by atoms with van der Waals surface area (Å²) >= 11 is 0. The van der Waals surface area contributed by atoms with E-state index in [1.807, 2.05) is 13.8 Å². The van der Waals surface area contributed by atoms with Crippen LogP contribution in [0.5, 0.6) is 0 Å². The second-order valence-electron chi connectivity index (χ2n) is 8.25. The smallest absolute Gasteiger partial charge is 0.268 e. The normalized spacial score (nSPS) is 13.6. The van der Waals surface area contributed by atoms with Crippen molar-refractivity contribution in [1.82, 2.24) is 4.57 Å². The van der Waals surface area contributed by atoms with Gasteiger partial charge in [-0.1, -0.05) is 29.8 Å². The highest BCUT2D eigenvalue weighted by Crippen LogP contribution is 2.47. The molecular weight excluding hydrogens is 450 g/mol. The third kappa shape index (κ3) is 3.13. The van der Waals surface area contributed by atoms with Crippen molar-refractivity contribution in [2.24, 2.45) is 7.05 Å². The maximum absolute atomic E-state index is 14.2. The van der Waals surface area contributed by atoms with Gasteiger partial charge in [0.15, 0.2) is 0 Å². The number of amides is 1. The van der Waals surface area contributed by atoms with Crippen LogP contribution in [-0.4, -0.2) is 25.4 Å². The second kappa shape index (κ2) is 7.85. The quantitative estimate of drug-likeness (QED) is 0.443. The van der Waals surface area contributed by atoms with Gasteiger partial charge in [-0.2, -0.15) is 0 Å². The maximum atomic E-state index is 14.2. The number of anilines is 3. The molecule has 1 aromatic heterocycles. The van der Waals surface area contributed by atoms with Crippen LogP contribution in [0.25, 0.3) is 10.9 Å². The fourth-order valence-corrected chi connectivity index (χ4v) is 5.99. The van der Waals surface area contributed by atoms with Gasteiger partial charge in [-0.3, -0.25) is 9.59 Å². The molecule has 4 aromatic rings. The number of hydrogen-bond donors (Lipinski definition) is 0. The lowest BCUT2D eigenvalue weighted by molar-refractivity contribution is 0.0989. The summed E-state index contributed by atoms with van der Waals surface area (Å²) in [6.45, 7) is 4.08. The van der Waals surface area contributed by atoms with Gasteiger partial charge in [-0.25, -0.2) is 12.7 Å². The van der Waals surface area contributed by atoms with Gasteiger partial charge in [0.2, 0.25) is 0 Å². The SMILES string of the molecule is CCN1C(=O)c2ccccc2N(S(=O)(=O)c2ccc(C)cc2)c2c1ccc1c2ccc(=O)n1C. The summed E-state index contributed by atoms with van der Waals surface area (Å²) in [5.74, 6) is -0.287. The highest BCUT2D eigenvalue weighted by atomic mass is 32.2. The molecule has 0 saturated heterocycles. The van der Waals surface area contributed by atoms with E-state index in [4.69, 9.17) is 0 Å². The van der Waals surface area contributed by atoms with Gasteiger partial charge >= 0.3 is 0 Å². The predicted molar refractivity (Wildman–Crippen MR) is 133 cm³/mol. The van der Waals surface area contributed by atoms with Crippen molar-refractivity contribution < 1.29 is 13.2 Å². The Bertz CT molecular complexity index is 1620. The number of hydrogen-bond acceptors (Lipinski definition) is 4. The fourth-order valence-electron chi connectivity index (χ4n) is 4.45. The zero-order valence-electron chi connectivity index (χ0n) is 19.0. The molecule has 2 heterocycles. The van der Waals surface area contributed by atoms with E-state index >= 15 is 0 Å². The number of fused-ring (bicyclic) bond motifs is 4. The third-order valence-corrected chi connectivity index (χ3v) is 7.95. The highest BCUT2D eigenvalue weighted by Gasteiger charge is 2.38. The summed E-state index contributed by atoms with van der Waals surface area (Å²) in [4.78, 5) is 27.6. The molecule has 0 atom stereocenters. The molecule has 0 unspecified atom stereocenters. The van der Waals surface area contributed by atoms with Crippen LogP contribution >= 0.6 is 0 Å². The molecule has 1 aliphatic heterocycles. The number of carbonyl (C=O) groups is 1. The zero-order chi connectivity index (χ0) is 24.2. The minimum atomic E-state index is -4.13. The van der Waals surface area contributed by atoms with Crippen molar-refractivity contribution in [3.8, 4) is 0 Å². The van der Waals surface area contributed by atoms with Crippen molar-refractivity contribution in [2.45, 2.75) is 18.7 Å². The van der Waals surface area contributed by atoms with E-state index in [0.29, 0.717) is 28.8 Å². The summed E-state index contributed by atoms with van der Waals surface area (Å²) in [5, 5.41) is 0.554. The number of aromatic nitrogens is 1. The first-order chi connectivity index (χ1) is 16.3. The molecule has 0 fully saturated rings. The highest BCUT2D eigenvalue weighted by molar-refractivity contribution is 7.93. The lowest BCUT2D eigenvalue weighted by Gasteiger charge is -2.28. The average molecular weight is 474 g/mol. The summed E-state index contributed by atoms with van der Waals surface area (Å²) < 4.78 is 31.1. The van der Waals surface area contributed by atoms with E-state index in [1.54, 1.807) is 78.7 Å². The summed E-state index contributed by atoms with van der Waals surface area (Å²) in [7, 11) is -2.49. The van der Waals surface area contributed by atoms with Crippen LogP contribution in [0.1, 0.15) is 22.8 Å². The van der Waals surface area contributed by atoms with Crippen LogP contribution in [0, 0.1) is 6.92 Å². The first kappa shape index (κ1) is 21.9. The molecule has 172 valence electrons. The molecule has 8 heteroatoms. The third-order valence-electron chi connectivity index (χ3n) is 6.23. The van der Waals surface area contributed by atoms with Gasteiger partial charge in [0.05, 0.1) is 33.0 Å². The average Bonchev–Trinajstić information content (AvgIpc) is 2.94. The minimum absolute atomic E-state index is 0.109. The van der Waals surface area contributed by atoms with E-state index in [1.165, 1.54) is 14.9 Å². The summed E-state index contributed by atoms with van der Waals surface area (Å²) in [6, 6.07) is 19.8. The number of sulfonamides is 1. The van der Waals surface area contributed by atoms with Gasteiger partial charge in [-0.05, 0) is 56.3 Å². The van der Waals surface area contributed by atoms with Gasteiger partial charge in [0.25, 0.3) is 21.5 Å². The van der Waals surface area contributed by atoms with Crippen molar-refractivity contribution in [2.75, 3.05) is 15.7 Å². The van der Waals surface area contributed by atoms with Gasteiger partial charge in [0.1, 0.15) is 0 Å². The number of nitrogens with zero attached hydrogens (tertiary/aromatic N) is 3. The van der Waals surface area contributed by atoms with Crippen LogP contribution in [0.2, 0.25) is 0 Å². The van der Waals surface area contributed by atoms with Crippen LogP contribution < -0.4 is 14.8 Å². The first-order valence-corrected chi connectivity index (χ1v) is 12.4. The van der Waals surface area contributed by atoms with E-state index in [9.17, 15) is 18.0 Å². The molecule has 1 amide bonds. The Hall–Kier alpha value is -3.91. The second-order valence-corrected chi connectivity index (χ2v) is 10.0. The molecular formula is C26H23N3O4S. The molecule has 34 heavy (non-hydrogen) atoms. The van der Waals surface area contributed by atoms with Gasteiger partial charge in [0, 0.05) is 25.0 Å². The topological polar surface area (TPSA) is 79.7 Å². The van der Waals surface area contributed by atoms with E-state index in [2.05, 4.69) is 0 Å². The molecule has 0 bridgehead atoms. The Balaban J connectivity index is 1.97. The Labute approximate surface area is 197 Å². The first-order valence-electron chi connectivity index (χ1n) is 10.9. The summed E-state index contributed by atoms with van der Waals surface area (Å²) in [6.07, 6.45) is 0. The van der Waals surface area contributed by atoms with Crippen molar-refractivity contribution in [1.29, 1.82) is 0 Å². The molecule has 0 radical (unpaired) electrons. The van der Waals surface area contributed by atoms with Crippen LogP contribution in [0.15, 0.2) is 82.5 Å². The Morgan fingerprint density at radius 2 is 1.53 bits per heavy atom. The van der Waals surface area contributed by atoms with E-state index < -0.39 is 10.0 Å². The summed E-state index contributed by atoms with van der Waals surface area (Å²) in [5.41, 5.74) is 2.65. The van der Waals surface area contributed by atoms with Crippen LogP contribution in [0.4, 0.5) is 17.1 Å². The number of carbonyl (C=O) groups excluding carboxylic acids is 1. The van der Waals surface area contributed by atoms with Gasteiger partial charge in [-0.15, -0.1) is 0 Å². The molecule has 5 rings (SSSR count). The predicted octanol–water partition coefficient (Wildman–Crippen LogP) is 4.35. The van der Waals surface area contributed by atoms with Crippen LogP contribution in [0.3, 0.4) is 0 Å². The minimum Gasteiger partial charge on any atom is -0.311 e. The Kier molecular flexibility index (Phi) is 5.06.